The Balaban J connectivity index is 0. The van der Waals surface area contributed by atoms with Gasteiger partial charge < -0.3 is 9.80 Å². The largest absolute Gasteiger partial charge is 0.374 e. The summed E-state index contributed by atoms with van der Waals surface area (Å²) in [6.07, 6.45) is 16.4. The molecule has 8 nitrogen and oxygen atoms in total. The first-order chi connectivity index (χ1) is 12.2. The van der Waals surface area contributed by atoms with Crippen molar-refractivity contribution in [1.82, 2.24) is 9.80 Å². The van der Waals surface area contributed by atoms with Gasteiger partial charge in [-0.3, -0.25) is 9.11 Å². The SMILES string of the molecule is Cl.O=S(=O)(O)CCCN1C=CC=CC1.O=S(=O)(O)CCCN1C=CC=CC1.[Ni]. The van der Waals surface area contributed by atoms with Gasteiger partial charge in [0.1, 0.15) is 0 Å². The van der Waals surface area contributed by atoms with Gasteiger partial charge in [0.2, 0.25) is 0 Å². The molecule has 0 aromatic rings. The zero-order valence-corrected chi connectivity index (χ0v) is 18.7. The smallest absolute Gasteiger partial charge is 0.264 e. The van der Waals surface area contributed by atoms with Crippen molar-refractivity contribution in [2.75, 3.05) is 37.7 Å². The topological polar surface area (TPSA) is 115 Å². The summed E-state index contributed by atoms with van der Waals surface area (Å²) in [5.74, 6) is -0.331. The molecule has 0 aromatic carbocycles. The number of halogens is 1. The second-order valence-electron chi connectivity index (χ2n) is 5.81. The molecule has 2 heterocycles. The van der Waals surface area contributed by atoms with E-state index in [-0.39, 0.29) is 40.4 Å². The summed E-state index contributed by atoms with van der Waals surface area (Å²) in [6, 6.07) is 0. The Morgan fingerprint density at radius 1 is 0.714 bits per heavy atom. The van der Waals surface area contributed by atoms with E-state index in [0.29, 0.717) is 25.9 Å². The summed E-state index contributed by atoms with van der Waals surface area (Å²) in [6.45, 7) is 2.92. The molecule has 0 aliphatic carbocycles. The Hall–Kier alpha value is -0.836. The van der Waals surface area contributed by atoms with Crippen LogP contribution in [0.15, 0.2) is 48.9 Å². The second kappa shape index (κ2) is 15.1. The number of hydrogen-bond donors (Lipinski definition) is 2. The van der Waals surface area contributed by atoms with E-state index in [2.05, 4.69) is 0 Å². The maximum Gasteiger partial charge on any atom is 0.264 e. The van der Waals surface area contributed by atoms with Crippen LogP contribution >= 0.6 is 12.4 Å². The van der Waals surface area contributed by atoms with E-state index in [0.717, 1.165) is 13.1 Å². The van der Waals surface area contributed by atoms with Crippen LogP contribution in [0.25, 0.3) is 0 Å². The molecule has 2 aliphatic heterocycles. The van der Waals surface area contributed by atoms with Crippen LogP contribution in [-0.4, -0.2) is 73.4 Å². The standard InChI is InChI=1S/2C8H13NO3S.ClH.Ni/c2*10-13(11,12)8-4-7-9-5-2-1-3-6-9;;/h2*1-3,5H,4,6-8H2,(H,10,11,12);1H;. The molecular weight excluding hydrogens is 474 g/mol. The molecule has 166 valence electrons. The Morgan fingerprint density at radius 3 is 1.32 bits per heavy atom. The van der Waals surface area contributed by atoms with Crippen molar-refractivity contribution < 1.29 is 42.4 Å². The Labute approximate surface area is 183 Å². The van der Waals surface area contributed by atoms with Gasteiger partial charge in [-0.1, -0.05) is 24.3 Å². The van der Waals surface area contributed by atoms with Crippen molar-refractivity contribution in [2.24, 2.45) is 0 Å². The molecule has 28 heavy (non-hydrogen) atoms. The van der Waals surface area contributed by atoms with Crippen LogP contribution in [0.2, 0.25) is 0 Å². The van der Waals surface area contributed by atoms with Gasteiger partial charge in [0, 0.05) is 42.7 Å². The van der Waals surface area contributed by atoms with Crippen LogP contribution in [0.3, 0.4) is 0 Å². The molecular formula is C16H27ClN2NiO6S2. The van der Waals surface area contributed by atoms with Gasteiger partial charge in [-0.25, -0.2) is 0 Å². The van der Waals surface area contributed by atoms with Crippen LogP contribution in [0.5, 0.6) is 0 Å². The van der Waals surface area contributed by atoms with E-state index in [1.165, 1.54) is 0 Å². The third-order valence-electron chi connectivity index (χ3n) is 3.46. The number of allylic oxidation sites excluding steroid dienone is 4. The third-order valence-corrected chi connectivity index (χ3v) is 5.07. The molecule has 0 bridgehead atoms. The average Bonchev–Trinajstić information content (AvgIpc) is 2.55. The fraction of sp³-hybridized carbons (Fsp3) is 0.500. The number of hydrogen-bond acceptors (Lipinski definition) is 6. The molecule has 2 aliphatic rings. The molecule has 0 radical (unpaired) electrons. The molecule has 2 N–H and O–H groups in total. The van der Waals surface area contributed by atoms with Gasteiger partial charge in [0.25, 0.3) is 20.2 Å². The van der Waals surface area contributed by atoms with Gasteiger partial charge >= 0.3 is 0 Å². The molecule has 12 heteroatoms. The van der Waals surface area contributed by atoms with E-state index in [4.69, 9.17) is 9.11 Å². The third kappa shape index (κ3) is 17.3. The quantitative estimate of drug-likeness (QED) is 0.382. The van der Waals surface area contributed by atoms with Crippen LogP contribution in [0.4, 0.5) is 0 Å². The Morgan fingerprint density at radius 2 is 1.07 bits per heavy atom. The molecule has 0 amide bonds. The predicted molar refractivity (Wildman–Crippen MR) is 109 cm³/mol. The zero-order chi connectivity index (χ0) is 19.5. The van der Waals surface area contributed by atoms with Gasteiger partial charge in [0.05, 0.1) is 11.5 Å². The monoisotopic (exact) mass is 500 g/mol. The van der Waals surface area contributed by atoms with Crippen molar-refractivity contribution >= 4 is 32.6 Å². The molecule has 2 rings (SSSR count). The van der Waals surface area contributed by atoms with Gasteiger partial charge in [-0.15, -0.1) is 12.4 Å². The minimum absolute atomic E-state index is 0. The molecule has 0 saturated heterocycles. The van der Waals surface area contributed by atoms with Crippen LogP contribution in [0, 0.1) is 0 Å². The summed E-state index contributed by atoms with van der Waals surface area (Å²) in [5, 5.41) is 0. The van der Waals surface area contributed by atoms with Gasteiger partial charge in [-0.2, -0.15) is 16.8 Å². The summed E-state index contributed by atoms with van der Waals surface area (Å²) < 4.78 is 58.4. The molecule has 0 saturated carbocycles. The summed E-state index contributed by atoms with van der Waals surface area (Å²) in [5.41, 5.74) is 0. The number of rotatable bonds is 8. The number of nitrogens with zero attached hydrogens (tertiary/aromatic N) is 2. The zero-order valence-electron chi connectivity index (χ0n) is 15.2. The van der Waals surface area contributed by atoms with Crippen molar-refractivity contribution in [3.05, 3.63) is 48.9 Å². The Bertz CT molecular complexity index is 687. The first-order valence-corrected chi connectivity index (χ1v) is 11.4. The first kappa shape index (κ1) is 29.4. The Kier molecular flexibility index (Phi) is 15.8. The van der Waals surface area contributed by atoms with Crippen molar-refractivity contribution in [2.45, 2.75) is 12.8 Å². The summed E-state index contributed by atoms with van der Waals surface area (Å²) in [4.78, 5) is 3.98. The molecule has 0 unspecified atom stereocenters. The van der Waals surface area contributed by atoms with E-state index < -0.39 is 20.2 Å². The predicted octanol–water partition coefficient (Wildman–Crippen LogP) is 1.72. The molecule has 0 spiro atoms. The molecule has 0 aromatic heterocycles. The second-order valence-corrected chi connectivity index (χ2v) is 8.95. The van der Waals surface area contributed by atoms with Crippen molar-refractivity contribution in [3.8, 4) is 0 Å². The van der Waals surface area contributed by atoms with E-state index in [1.54, 1.807) is 0 Å². The van der Waals surface area contributed by atoms with E-state index >= 15 is 0 Å². The van der Waals surface area contributed by atoms with E-state index in [1.807, 2.05) is 58.7 Å². The van der Waals surface area contributed by atoms with Gasteiger partial charge in [-0.05, 0) is 37.4 Å². The van der Waals surface area contributed by atoms with Crippen LogP contribution in [0.1, 0.15) is 12.8 Å². The van der Waals surface area contributed by atoms with Gasteiger partial charge in [0.15, 0.2) is 0 Å². The average molecular weight is 502 g/mol. The van der Waals surface area contributed by atoms with Crippen molar-refractivity contribution in [1.29, 1.82) is 0 Å². The maximum atomic E-state index is 10.4. The minimum atomic E-state index is -3.79. The first-order valence-electron chi connectivity index (χ1n) is 8.21. The summed E-state index contributed by atoms with van der Waals surface area (Å²) in [7, 11) is -7.59. The van der Waals surface area contributed by atoms with Crippen molar-refractivity contribution in [3.63, 3.8) is 0 Å². The van der Waals surface area contributed by atoms with Crippen LogP contribution < -0.4 is 0 Å². The normalized spacial score (nSPS) is 15.4. The molecule has 0 fully saturated rings. The molecule has 0 atom stereocenters. The van der Waals surface area contributed by atoms with Crippen LogP contribution in [-0.2, 0) is 36.7 Å². The van der Waals surface area contributed by atoms with E-state index in [9.17, 15) is 16.8 Å². The minimum Gasteiger partial charge on any atom is -0.374 e. The fourth-order valence-corrected chi connectivity index (χ4v) is 3.23. The maximum absolute atomic E-state index is 10.4. The fourth-order valence-electron chi connectivity index (χ4n) is 2.25. The summed E-state index contributed by atoms with van der Waals surface area (Å²) >= 11 is 0.